The smallest absolute Gasteiger partial charge is 0.276 e. The molecule has 0 aliphatic heterocycles. The van der Waals surface area contributed by atoms with E-state index in [1.54, 1.807) is 12.1 Å². The summed E-state index contributed by atoms with van der Waals surface area (Å²) in [6.07, 6.45) is 2.79. The zero-order valence-electron chi connectivity index (χ0n) is 10.4. The maximum Gasteiger partial charge on any atom is 0.276 e. The van der Waals surface area contributed by atoms with Crippen LogP contribution in [0.4, 0.5) is 5.69 Å². The minimum Gasteiger partial charge on any atom is -0.393 e. The van der Waals surface area contributed by atoms with Crippen LogP contribution < -0.4 is 0 Å². The van der Waals surface area contributed by atoms with Gasteiger partial charge >= 0.3 is 0 Å². The molecule has 0 heterocycles. The summed E-state index contributed by atoms with van der Waals surface area (Å²) in [5.41, 5.74) is 0.406. The minimum atomic E-state index is -0.449. The molecule has 0 radical (unpaired) electrons. The van der Waals surface area contributed by atoms with Gasteiger partial charge in [-0.05, 0) is 31.7 Å². The molecule has 0 atom stereocenters. The first kappa shape index (κ1) is 14.2. The van der Waals surface area contributed by atoms with Crippen molar-refractivity contribution in [3.8, 4) is 0 Å². The van der Waals surface area contributed by atoms with Crippen molar-refractivity contribution in [2.75, 3.05) is 0 Å². The molecule has 104 valence electrons. The van der Waals surface area contributed by atoms with Gasteiger partial charge in [0.25, 0.3) is 5.69 Å². The fourth-order valence-corrected chi connectivity index (χ4v) is 2.50. The zero-order chi connectivity index (χ0) is 13.8. The van der Waals surface area contributed by atoms with Crippen LogP contribution in [0, 0.1) is 10.1 Å². The Kier molecular flexibility index (Phi) is 4.74. The molecule has 0 saturated heterocycles. The normalized spacial score (nSPS) is 23.3. The highest BCUT2D eigenvalue weighted by Crippen LogP contribution is 2.29. The summed E-state index contributed by atoms with van der Waals surface area (Å²) in [7, 11) is 0. The van der Waals surface area contributed by atoms with Crippen LogP contribution in [0.5, 0.6) is 0 Å². The molecule has 1 fully saturated rings. The zero-order valence-corrected chi connectivity index (χ0v) is 11.2. The number of benzene rings is 1. The van der Waals surface area contributed by atoms with Gasteiger partial charge < -0.3 is 9.84 Å². The molecule has 19 heavy (non-hydrogen) atoms. The molecule has 1 aliphatic carbocycles. The Labute approximate surface area is 116 Å². The number of rotatable bonds is 4. The monoisotopic (exact) mass is 285 g/mol. The molecule has 0 spiro atoms. The highest BCUT2D eigenvalue weighted by atomic mass is 35.5. The number of aliphatic hydroxyl groups excluding tert-OH is 1. The van der Waals surface area contributed by atoms with Gasteiger partial charge in [0.05, 0.1) is 34.3 Å². The van der Waals surface area contributed by atoms with E-state index >= 15 is 0 Å². The maximum atomic E-state index is 10.9. The predicted molar refractivity (Wildman–Crippen MR) is 71.2 cm³/mol. The van der Waals surface area contributed by atoms with E-state index < -0.39 is 4.92 Å². The standard InChI is InChI=1S/C13H16ClNO4/c14-12-2-1-3-13(15(17)18)11(12)8-19-10-6-4-9(16)5-7-10/h1-3,9-10,16H,4-8H2. The first-order chi connectivity index (χ1) is 9.08. The van der Waals surface area contributed by atoms with Crippen LogP contribution in [-0.2, 0) is 11.3 Å². The quantitative estimate of drug-likeness (QED) is 0.681. The first-order valence-corrected chi connectivity index (χ1v) is 6.67. The topological polar surface area (TPSA) is 72.6 Å². The fraction of sp³-hybridized carbons (Fsp3) is 0.538. The van der Waals surface area contributed by atoms with Crippen LogP contribution in [-0.4, -0.2) is 22.2 Å². The van der Waals surface area contributed by atoms with Crippen molar-refractivity contribution in [2.45, 2.75) is 44.5 Å². The summed E-state index contributed by atoms with van der Waals surface area (Å²) in [4.78, 5) is 10.5. The highest BCUT2D eigenvalue weighted by Gasteiger charge is 2.22. The first-order valence-electron chi connectivity index (χ1n) is 6.29. The van der Waals surface area contributed by atoms with Gasteiger partial charge in [-0.25, -0.2) is 0 Å². The SMILES string of the molecule is O=[N+]([O-])c1cccc(Cl)c1COC1CCC(O)CC1. The third-order valence-electron chi connectivity index (χ3n) is 3.40. The van der Waals surface area contributed by atoms with E-state index in [0.29, 0.717) is 10.6 Å². The summed E-state index contributed by atoms with van der Waals surface area (Å²) in [6.45, 7) is 0.136. The van der Waals surface area contributed by atoms with Crippen LogP contribution in [0.3, 0.4) is 0 Å². The highest BCUT2D eigenvalue weighted by molar-refractivity contribution is 6.31. The molecule has 0 unspecified atom stereocenters. The van der Waals surface area contributed by atoms with Gasteiger partial charge in [0.15, 0.2) is 0 Å². The lowest BCUT2D eigenvalue weighted by Crippen LogP contribution is -2.24. The Morgan fingerprint density at radius 2 is 2.05 bits per heavy atom. The lowest BCUT2D eigenvalue weighted by molar-refractivity contribution is -0.386. The van der Waals surface area contributed by atoms with Gasteiger partial charge in [-0.15, -0.1) is 0 Å². The molecule has 2 rings (SSSR count). The number of aliphatic hydroxyl groups is 1. The Morgan fingerprint density at radius 1 is 1.37 bits per heavy atom. The van der Waals surface area contributed by atoms with Crippen molar-refractivity contribution < 1.29 is 14.8 Å². The van der Waals surface area contributed by atoms with Crippen molar-refractivity contribution in [3.63, 3.8) is 0 Å². The van der Waals surface area contributed by atoms with Gasteiger partial charge in [-0.2, -0.15) is 0 Å². The second-order valence-corrected chi connectivity index (χ2v) is 5.14. The summed E-state index contributed by atoms with van der Waals surface area (Å²) in [5, 5.41) is 20.7. The lowest BCUT2D eigenvalue weighted by Gasteiger charge is -2.25. The van der Waals surface area contributed by atoms with Crippen molar-refractivity contribution >= 4 is 17.3 Å². The van der Waals surface area contributed by atoms with Gasteiger partial charge in [-0.3, -0.25) is 10.1 Å². The number of ether oxygens (including phenoxy) is 1. The third-order valence-corrected chi connectivity index (χ3v) is 3.75. The molecular formula is C13H16ClNO4. The number of hydrogen-bond donors (Lipinski definition) is 1. The van der Waals surface area contributed by atoms with Crippen LogP contribution in [0.25, 0.3) is 0 Å². The van der Waals surface area contributed by atoms with Crippen molar-refractivity contribution in [3.05, 3.63) is 38.9 Å². The number of nitrogens with zero attached hydrogens (tertiary/aromatic N) is 1. The van der Waals surface area contributed by atoms with Crippen LogP contribution in [0.15, 0.2) is 18.2 Å². The van der Waals surface area contributed by atoms with E-state index in [0.717, 1.165) is 25.7 Å². The Hall–Kier alpha value is -1.17. The molecule has 0 amide bonds. The third kappa shape index (κ3) is 3.65. The number of nitro groups is 1. The van der Waals surface area contributed by atoms with Crippen molar-refractivity contribution in [2.24, 2.45) is 0 Å². The number of hydrogen-bond acceptors (Lipinski definition) is 4. The van der Waals surface area contributed by atoms with Gasteiger partial charge in [0.2, 0.25) is 0 Å². The van der Waals surface area contributed by atoms with Gasteiger partial charge in [0, 0.05) is 6.07 Å². The van der Waals surface area contributed by atoms with Crippen LogP contribution >= 0.6 is 11.6 Å². The summed E-state index contributed by atoms with van der Waals surface area (Å²) < 4.78 is 5.69. The molecule has 1 saturated carbocycles. The average molecular weight is 286 g/mol. The molecule has 0 aromatic heterocycles. The number of nitro benzene ring substituents is 1. The van der Waals surface area contributed by atoms with E-state index in [1.807, 2.05) is 0 Å². The van der Waals surface area contributed by atoms with E-state index in [-0.39, 0.29) is 24.5 Å². The largest absolute Gasteiger partial charge is 0.393 e. The fourth-order valence-electron chi connectivity index (χ4n) is 2.27. The lowest BCUT2D eigenvalue weighted by atomic mass is 9.95. The summed E-state index contributed by atoms with van der Waals surface area (Å²) in [6, 6.07) is 4.61. The van der Waals surface area contributed by atoms with Gasteiger partial charge in [-0.1, -0.05) is 17.7 Å². The van der Waals surface area contributed by atoms with Crippen LogP contribution in [0.2, 0.25) is 5.02 Å². The molecule has 0 bridgehead atoms. The summed E-state index contributed by atoms with van der Waals surface area (Å²) in [5.74, 6) is 0. The Balaban J connectivity index is 2.01. The van der Waals surface area contributed by atoms with Crippen molar-refractivity contribution in [1.82, 2.24) is 0 Å². The molecule has 1 N–H and O–H groups in total. The van der Waals surface area contributed by atoms with Gasteiger partial charge in [0.1, 0.15) is 0 Å². The molecule has 1 aromatic rings. The second kappa shape index (κ2) is 6.32. The average Bonchev–Trinajstić information content (AvgIpc) is 2.39. The molecule has 1 aliphatic rings. The van der Waals surface area contributed by atoms with E-state index in [4.69, 9.17) is 16.3 Å². The predicted octanol–water partition coefficient (Wildman–Crippen LogP) is 3.07. The van der Waals surface area contributed by atoms with E-state index in [2.05, 4.69) is 0 Å². The Bertz CT molecular complexity index is 458. The Morgan fingerprint density at radius 3 is 2.68 bits per heavy atom. The molecule has 5 nitrogen and oxygen atoms in total. The van der Waals surface area contributed by atoms with Crippen LogP contribution in [0.1, 0.15) is 31.2 Å². The van der Waals surface area contributed by atoms with E-state index in [1.165, 1.54) is 6.07 Å². The summed E-state index contributed by atoms with van der Waals surface area (Å²) >= 11 is 5.99. The maximum absolute atomic E-state index is 10.9. The van der Waals surface area contributed by atoms with Crippen molar-refractivity contribution in [1.29, 1.82) is 0 Å². The van der Waals surface area contributed by atoms with E-state index in [9.17, 15) is 15.2 Å². The second-order valence-electron chi connectivity index (χ2n) is 4.74. The minimum absolute atomic E-state index is 0.0108. The molecule has 1 aromatic carbocycles. The molecular weight excluding hydrogens is 270 g/mol. The molecule has 6 heteroatoms. The number of halogens is 1.